The van der Waals surface area contributed by atoms with Crippen molar-refractivity contribution in [1.82, 2.24) is 0 Å². The van der Waals surface area contributed by atoms with Crippen LogP contribution >= 0.6 is 11.8 Å². The van der Waals surface area contributed by atoms with Crippen LogP contribution in [0.4, 0.5) is 0 Å². The molecule has 3 nitrogen and oxygen atoms in total. The first kappa shape index (κ1) is 11.9. The Kier molecular flexibility index (Phi) is 4.26. The Morgan fingerprint density at radius 1 is 1.57 bits per heavy atom. The maximum Gasteiger partial charge on any atom is 0.303 e. The van der Waals surface area contributed by atoms with Crippen molar-refractivity contribution >= 4 is 17.7 Å². The van der Waals surface area contributed by atoms with E-state index in [1.165, 1.54) is 0 Å². The minimum absolute atomic E-state index is 0.0595. The molecule has 0 bridgehead atoms. The highest BCUT2D eigenvalue weighted by molar-refractivity contribution is 7.99. The second-order valence-corrected chi connectivity index (χ2v) is 5.18. The normalized spacial score (nSPS) is 20.4. The van der Waals surface area contributed by atoms with Crippen molar-refractivity contribution < 1.29 is 15.0 Å². The molecule has 1 rings (SSSR count). The number of carboxylic acids is 1. The molecule has 0 saturated heterocycles. The van der Waals surface area contributed by atoms with Crippen LogP contribution in [0.15, 0.2) is 0 Å². The molecule has 0 aromatic heterocycles. The molecule has 1 aliphatic carbocycles. The molecule has 1 aliphatic rings. The molecule has 0 aromatic rings. The fourth-order valence-corrected chi connectivity index (χ4v) is 2.85. The van der Waals surface area contributed by atoms with Gasteiger partial charge in [0.15, 0.2) is 0 Å². The average molecular weight is 218 g/mol. The van der Waals surface area contributed by atoms with Gasteiger partial charge in [0, 0.05) is 5.75 Å². The van der Waals surface area contributed by atoms with E-state index in [0.29, 0.717) is 6.42 Å². The molecule has 1 saturated carbocycles. The summed E-state index contributed by atoms with van der Waals surface area (Å²) < 4.78 is 0. The molecule has 0 radical (unpaired) electrons. The van der Waals surface area contributed by atoms with Crippen LogP contribution < -0.4 is 0 Å². The van der Waals surface area contributed by atoms with Crippen molar-refractivity contribution in [2.75, 3.05) is 11.5 Å². The van der Waals surface area contributed by atoms with Crippen LogP contribution in [-0.2, 0) is 4.79 Å². The summed E-state index contributed by atoms with van der Waals surface area (Å²) in [5.41, 5.74) is 0.0595. The highest BCUT2D eigenvalue weighted by atomic mass is 32.2. The van der Waals surface area contributed by atoms with E-state index >= 15 is 0 Å². The number of aliphatic hydroxyl groups excluding tert-OH is 1. The summed E-state index contributed by atoms with van der Waals surface area (Å²) in [5, 5.41) is 18.0. The standard InChI is InChI=1S/C10H18O3S/c1-2-8(11)6-14-7-10(3-4-10)5-9(12)13/h8,11H,2-7H2,1H3,(H,12,13). The van der Waals surface area contributed by atoms with E-state index in [1.54, 1.807) is 11.8 Å². The molecule has 1 atom stereocenters. The van der Waals surface area contributed by atoms with Gasteiger partial charge in [-0.2, -0.15) is 11.8 Å². The Labute approximate surface area is 88.9 Å². The van der Waals surface area contributed by atoms with Crippen LogP contribution in [0.1, 0.15) is 32.6 Å². The molecule has 0 aliphatic heterocycles. The zero-order valence-corrected chi connectivity index (χ0v) is 9.35. The summed E-state index contributed by atoms with van der Waals surface area (Å²) in [6.07, 6.45) is 2.91. The van der Waals surface area contributed by atoms with Gasteiger partial charge >= 0.3 is 5.97 Å². The Morgan fingerprint density at radius 3 is 2.64 bits per heavy atom. The molecule has 0 heterocycles. The maximum atomic E-state index is 10.5. The van der Waals surface area contributed by atoms with E-state index in [2.05, 4.69) is 0 Å². The van der Waals surface area contributed by atoms with Gasteiger partial charge in [-0.05, 0) is 30.4 Å². The Hall–Kier alpha value is -0.220. The smallest absolute Gasteiger partial charge is 0.303 e. The summed E-state index contributed by atoms with van der Waals surface area (Å²) in [7, 11) is 0. The number of hydrogen-bond acceptors (Lipinski definition) is 3. The van der Waals surface area contributed by atoms with Gasteiger partial charge in [0.1, 0.15) is 0 Å². The monoisotopic (exact) mass is 218 g/mol. The van der Waals surface area contributed by atoms with Crippen molar-refractivity contribution in [3.8, 4) is 0 Å². The van der Waals surface area contributed by atoms with Gasteiger partial charge in [0.05, 0.1) is 12.5 Å². The minimum Gasteiger partial charge on any atom is -0.481 e. The molecule has 14 heavy (non-hydrogen) atoms. The Morgan fingerprint density at radius 2 is 2.21 bits per heavy atom. The van der Waals surface area contributed by atoms with Gasteiger partial charge in [-0.3, -0.25) is 4.79 Å². The third-order valence-electron chi connectivity index (χ3n) is 2.67. The summed E-state index contributed by atoms with van der Waals surface area (Å²) >= 11 is 1.68. The van der Waals surface area contributed by atoms with Crippen LogP contribution in [0.25, 0.3) is 0 Å². The van der Waals surface area contributed by atoms with Crippen molar-refractivity contribution in [3.63, 3.8) is 0 Å². The van der Waals surface area contributed by atoms with Crippen LogP contribution in [-0.4, -0.2) is 33.8 Å². The maximum absolute atomic E-state index is 10.5. The van der Waals surface area contributed by atoms with Gasteiger partial charge < -0.3 is 10.2 Å². The molecule has 0 spiro atoms. The quantitative estimate of drug-likeness (QED) is 0.683. The molecule has 1 fully saturated rings. The SMILES string of the molecule is CCC(O)CSCC1(CC(=O)O)CC1. The lowest BCUT2D eigenvalue weighted by molar-refractivity contribution is -0.138. The van der Waals surface area contributed by atoms with E-state index in [9.17, 15) is 9.90 Å². The summed E-state index contributed by atoms with van der Waals surface area (Å²) in [6, 6.07) is 0. The average Bonchev–Trinajstić information content (AvgIpc) is 2.83. The van der Waals surface area contributed by atoms with E-state index in [0.717, 1.165) is 30.8 Å². The van der Waals surface area contributed by atoms with Crippen LogP contribution in [0.3, 0.4) is 0 Å². The highest BCUT2D eigenvalue weighted by Crippen LogP contribution is 2.51. The van der Waals surface area contributed by atoms with Crippen molar-refractivity contribution in [3.05, 3.63) is 0 Å². The lowest BCUT2D eigenvalue weighted by atomic mass is 10.1. The number of rotatable bonds is 7. The second-order valence-electron chi connectivity index (χ2n) is 4.15. The zero-order chi connectivity index (χ0) is 10.6. The Bertz CT molecular complexity index is 202. The summed E-state index contributed by atoms with van der Waals surface area (Å²) in [6.45, 7) is 1.95. The summed E-state index contributed by atoms with van der Waals surface area (Å²) in [4.78, 5) is 10.5. The number of carboxylic acid groups (broad SMARTS) is 1. The predicted octanol–water partition coefficient (Wildman–Crippen LogP) is 1.75. The number of thioether (sulfide) groups is 1. The minimum atomic E-state index is -0.695. The van der Waals surface area contributed by atoms with Crippen molar-refractivity contribution in [2.24, 2.45) is 5.41 Å². The van der Waals surface area contributed by atoms with Crippen LogP contribution in [0.5, 0.6) is 0 Å². The Balaban J connectivity index is 2.14. The number of carbonyl (C=O) groups is 1. The fraction of sp³-hybridized carbons (Fsp3) is 0.900. The number of hydrogen-bond donors (Lipinski definition) is 2. The van der Waals surface area contributed by atoms with Crippen LogP contribution in [0.2, 0.25) is 0 Å². The molecular formula is C10H18O3S. The van der Waals surface area contributed by atoms with Crippen LogP contribution in [0, 0.1) is 5.41 Å². The second kappa shape index (κ2) is 5.03. The first-order chi connectivity index (χ1) is 6.58. The molecule has 82 valence electrons. The third-order valence-corrected chi connectivity index (χ3v) is 4.11. The highest BCUT2D eigenvalue weighted by Gasteiger charge is 2.44. The van der Waals surface area contributed by atoms with E-state index in [-0.39, 0.29) is 11.5 Å². The molecule has 1 unspecified atom stereocenters. The van der Waals surface area contributed by atoms with Crippen molar-refractivity contribution in [1.29, 1.82) is 0 Å². The molecule has 0 amide bonds. The number of aliphatic hydroxyl groups is 1. The van der Waals surface area contributed by atoms with E-state index < -0.39 is 5.97 Å². The topological polar surface area (TPSA) is 57.5 Å². The lowest BCUT2D eigenvalue weighted by Crippen LogP contribution is -2.14. The molecule has 4 heteroatoms. The predicted molar refractivity (Wildman–Crippen MR) is 57.5 cm³/mol. The van der Waals surface area contributed by atoms with Gasteiger partial charge in [-0.1, -0.05) is 6.92 Å². The zero-order valence-electron chi connectivity index (χ0n) is 8.53. The van der Waals surface area contributed by atoms with Gasteiger partial charge in [-0.15, -0.1) is 0 Å². The summed E-state index contributed by atoms with van der Waals surface area (Å²) in [5.74, 6) is 0.924. The molecule has 2 N–H and O–H groups in total. The van der Waals surface area contributed by atoms with Gasteiger partial charge in [0.25, 0.3) is 0 Å². The van der Waals surface area contributed by atoms with Gasteiger partial charge in [0.2, 0.25) is 0 Å². The first-order valence-corrected chi connectivity index (χ1v) is 6.21. The first-order valence-electron chi connectivity index (χ1n) is 5.05. The molecule has 0 aromatic carbocycles. The molecular weight excluding hydrogens is 200 g/mol. The fourth-order valence-electron chi connectivity index (χ4n) is 1.40. The van der Waals surface area contributed by atoms with Gasteiger partial charge in [-0.25, -0.2) is 0 Å². The largest absolute Gasteiger partial charge is 0.481 e. The van der Waals surface area contributed by atoms with E-state index in [4.69, 9.17) is 5.11 Å². The lowest BCUT2D eigenvalue weighted by Gasteiger charge is -2.13. The third kappa shape index (κ3) is 3.88. The number of aliphatic carboxylic acids is 1. The van der Waals surface area contributed by atoms with E-state index in [1.807, 2.05) is 6.92 Å². The van der Waals surface area contributed by atoms with Crippen molar-refractivity contribution in [2.45, 2.75) is 38.7 Å².